The third-order valence-corrected chi connectivity index (χ3v) is 5.61. The van der Waals surface area contributed by atoms with Crippen LogP contribution in [0.5, 0.6) is 0 Å². The maximum atomic E-state index is 12.6. The molecule has 24 heavy (non-hydrogen) atoms. The number of nitrogens with one attached hydrogen (secondary N) is 2. The van der Waals surface area contributed by atoms with Crippen LogP contribution in [0.4, 0.5) is 5.82 Å². The second-order valence-corrected chi connectivity index (χ2v) is 7.20. The molecule has 0 fully saturated rings. The van der Waals surface area contributed by atoms with Crippen molar-refractivity contribution in [3.05, 3.63) is 44.9 Å². The normalized spacial score (nSPS) is 11.8. The van der Waals surface area contributed by atoms with Gasteiger partial charge in [-0.25, -0.2) is 18.4 Å². The summed E-state index contributed by atoms with van der Waals surface area (Å²) in [6.45, 7) is 2.14. The molecule has 2 aromatic heterocycles. The van der Waals surface area contributed by atoms with Gasteiger partial charge in [0.2, 0.25) is 0 Å². The lowest BCUT2D eigenvalue weighted by atomic mass is 10.4. The summed E-state index contributed by atoms with van der Waals surface area (Å²) in [6.07, 6.45) is 1.15. The number of fused-ring (bicyclic) bond motifs is 1. The SMILES string of the molecule is CCn1[nH]c2ncnc(NS(=O)(=O)c3cccc(Cl)c3Cl)c2c1=O. The molecule has 126 valence electrons. The minimum Gasteiger partial charge on any atom is -0.278 e. The minimum absolute atomic E-state index is 0.0427. The predicted molar refractivity (Wildman–Crippen MR) is 91.1 cm³/mol. The van der Waals surface area contributed by atoms with E-state index in [1.165, 1.54) is 22.9 Å². The Morgan fingerprint density at radius 1 is 1.29 bits per heavy atom. The van der Waals surface area contributed by atoms with Crippen LogP contribution in [0.3, 0.4) is 0 Å². The highest BCUT2D eigenvalue weighted by Crippen LogP contribution is 2.30. The Kier molecular flexibility index (Phi) is 4.24. The van der Waals surface area contributed by atoms with Gasteiger partial charge in [-0.1, -0.05) is 29.3 Å². The number of H-pyrrole nitrogens is 1. The lowest BCUT2D eigenvalue weighted by Gasteiger charge is -2.09. The number of anilines is 1. The largest absolute Gasteiger partial charge is 0.279 e. The topological polar surface area (TPSA) is 110 Å². The summed E-state index contributed by atoms with van der Waals surface area (Å²) >= 11 is 11.8. The highest BCUT2D eigenvalue weighted by atomic mass is 35.5. The number of hydrogen-bond acceptors (Lipinski definition) is 5. The smallest absolute Gasteiger partial charge is 0.278 e. The van der Waals surface area contributed by atoms with Crippen LogP contribution in [0.25, 0.3) is 11.0 Å². The summed E-state index contributed by atoms with van der Waals surface area (Å²) in [5.41, 5.74) is -0.199. The molecule has 0 aliphatic carbocycles. The average molecular weight is 388 g/mol. The van der Waals surface area contributed by atoms with Crippen LogP contribution in [-0.2, 0) is 16.6 Å². The van der Waals surface area contributed by atoms with Crippen LogP contribution in [0.1, 0.15) is 6.92 Å². The zero-order valence-corrected chi connectivity index (χ0v) is 14.6. The van der Waals surface area contributed by atoms with Crippen LogP contribution in [0, 0.1) is 0 Å². The van der Waals surface area contributed by atoms with Crippen molar-refractivity contribution in [2.75, 3.05) is 4.72 Å². The first-order chi connectivity index (χ1) is 11.3. The van der Waals surface area contributed by atoms with Gasteiger partial charge in [-0.2, -0.15) is 0 Å². The van der Waals surface area contributed by atoms with Crippen molar-refractivity contribution in [1.82, 2.24) is 19.7 Å². The Labute approximate surface area is 146 Å². The van der Waals surface area contributed by atoms with Gasteiger partial charge in [-0.05, 0) is 19.1 Å². The molecule has 0 bridgehead atoms. The molecule has 0 unspecified atom stereocenters. The lowest BCUT2D eigenvalue weighted by molar-refractivity contribution is 0.601. The number of benzene rings is 1. The van der Waals surface area contributed by atoms with Crippen LogP contribution in [-0.4, -0.2) is 28.2 Å². The molecule has 2 heterocycles. The summed E-state index contributed by atoms with van der Waals surface area (Å²) in [5.74, 6) is -0.135. The van der Waals surface area contributed by atoms with E-state index in [1.54, 1.807) is 6.92 Å². The molecular formula is C13H11Cl2N5O3S. The lowest BCUT2D eigenvalue weighted by Crippen LogP contribution is -2.18. The molecule has 8 nitrogen and oxygen atoms in total. The molecule has 0 radical (unpaired) electrons. The van der Waals surface area contributed by atoms with Gasteiger partial charge in [0.1, 0.15) is 16.6 Å². The zero-order valence-electron chi connectivity index (χ0n) is 12.2. The number of sulfonamides is 1. The maximum absolute atomic E-state index is 12.6. The number of rotatable bonds is 4. The van der Waals surface area contributed by atoms with E-state index >= 15 is 0 Å². The number of aryl methyl sites for hydroxylation is 1. The first-order valence-electron chi connectivity index (χ1n) is 6.75. The van der Waals surface area contributed by atoms with E-state index in [9.17, 15) is 13.2 Å². The number of halogens is 2. The van der Waals surface area contributed by atoms with E-state index in [1.807, 2.05) is 0 Å². The Hall–Kier alpha value is -2.10. The number of aromatic amines is 1. The molecular weight excluding hydrogens is 377 g/mol. The third kappa shape index (κ3) is 2.74. The molecule has 0 amide bonds. The molecule has 0 aliphatic heterocycles. The number of aromatic nitrogens is 4. The van der Waals surface area contributed by atoms with Gasteiger partial charge >= 0.3 is 0 Å². The predicted octanol–water partition coefficient (Wildman–Crippen LogP) is 2.25. The van der Waals surface area contributed by atoms with Gasteiger partial charge in [-0.15, -0.1) is 0 Å². The third-order valence-electron chi connectivity index (χ3n) is 3.30. The van der Waals surface area contributed by atoms with E-state index in [4.69, 9.17) is 23.2 Å². The van der Waals surface area contributed by atoms with Crippen LogP contribution in [0.15, 0.2) is 34.2 Å². The van der Waals surface area contributed by atoms with Crippen molar-refractivity contribution < 1.29 is 8.42 Å². The molecule has 3 rings (SSSR count). The fourth-order valence-electron chi connectivity index (χ4n) is 2.16. The number of hydrogen-bond donors (Lipinski definition) is 2. The van der Waals surface area contributed by atoms with Crippen LogP contribution < -0.4 is 10.3 Å². The van der Waals surface area contributed by atoms with E-state index in [0.717, 1.165) is 6.33 Å². The van der Waals surface area contributed by atoms with Crippen molar-refractivity contribution in [3.8, 4) is 0 Å². The van der Waals surface area contributed by atoms with Gasteiger partial charge in [0.25, 0.3) is 15.6 Å². The molecule has 0 atom stereocenters. The Bertz CT molecular complexity index is 1090. The monoisotopic (exact) mass is 387 g/mol. The molecule has 1 aromatic carbocycles. The van der Waals surface area contributed by atoms with Gasteiger partial charge in [-0.3, -0.25) is 19.3 Å². The Morgan fingerprint density at radius 3 is 2.75 bits per heavy atom. The fourth-order valence-corrected chi connectivity index (χ4v) is 3.94. The summed E-state index contributed by atoms with van der Waals surface area (Å²) in [6, 6.07) is 4.23. The Balaban J connectivity index is 2.14. The minimum atomic E-state index is -4.09. The molecule has 2 N–H and O–H groups in total. The van der Waals surface area contributed by atoms with Crippen LogP contribution >= 0.6 is 23.2 Å². The first kappa shape index (κ1) is 16.7. The first-order valence-corrected chi connectivity index (χ1v) is 8.99. The van der Waals surface area contributed by atoms with Gasteiger partial charge in [0.05, 0.1) is 10.0 Å². The van der Waals surface area contributed by atoms with Gasteiger partial charge in [0, 0.05) is 6.54 Å². The van der Waals surface area contributed by atoms with Crippen molar-refractivity contribution in [3.63, 3.8) is 0 Å². The van der Waals surface area contributed by atoms with Gasteiger partial charge < -0.3 is 0 Å². The van der Waals surface area contributed by atoms with Crippen LogP contribution in [0.2, 0.25) is 10.0 Å². The molecule has 3 aromatic rings. The van der Waals surface area contributed by atoms with Crippen molar-refractivity contribution in [2.24, 2.45) is 0 Å². The quantitative estimate of drug-likeness (QED) is 0.713. The van der Waals surface area contributed by atoms with Gasteiger partial charge in [0.15, 0.2) is 11.5 Å². The maximum Gasteiger partial charge on any atom is 0.279 e. The summed E-state index contributed by atoms with van der Waals surface area (Å²) in [5, 5.41) is 2.80. The van der Waals surface area contributed by atoms with E-state index in [2.05, 4.69) is 19.8 Å². The Morgan fingerprint density at radius 2 is 2.04 bits per heavy atom. The number of nitrogens with zero attached hydrogens (tertiary/aromatic N) is 3. The second kappa shape index (κ2) is 6.08. The average Bonchev–Trinajstić information content (AvgIpc) is 2.87. The standard InChI is InChI=1S/C13H11Cl2N5O3S/c1-2-20-13(21)9-11(18-20)16-6-17-12(9)19-24(22,23)8-5-3-4-7(14)10(8)15/h3-6H,2H2,1H3,(H2,16,17,18,19). The molecule has 0 saturated carbocycles. The molecule has 0 saturated heterocycles. The van der Waals surface area contributed by atoms with Crippen molar-refractivity contribution in [2.45, 2.75) is 18.4 Å². The van der Waals surface area contributed by atoms with E-state index < -0.39 is 15.6 Å². The van der Waals surface area contributed by atoms with E-state index in [-0.39, 0.29) is 31.8 Å². The fraction of sp³-hybridized carbons (Fsp3) is 0.154. The molecule has 11 heteroatoms. The highest BCUT2D eigenvalue weighted by molar-refractivity contribution is 7.92. The summed E-state index contributed by atoms with van der Waals surface area (Å²) < 4.78 is 28.7. The summed E-state index contributed by atoms with van der Waals surface area (Å²) in [4.78, 5) is 19.9. The van der Waals surface area contributed by atoms with Crippen molar-refractivity contribution in [1.29, 1.82) is 0 Å². The molecule has 0 spiro atoms. The highest BCUT2D eigenvalue weighted by Gasteiger charge is 2.23. The van der Waals surface area contributed by atoms with Crippen molar-refractivity contribution >= 4 is 50.1 Å². The zero-order chi connectivity index (χ0) is 17.5. The van der Waals surface area contributed by atoms with E-state index in [0.29, 0.717) is 6.54 Å². The second-order valence-electron chi connectivity index (χ2n) is 4.76. The summed E-state index contributed by atoms with van der Waals surface area (Å²) in [7, 11) is -4.09. The molecule has 0 aliphatic rings.